The molecular weight excluding hydrogens is 520 g/mol. The summed E-state index contributed by atoms with van der Waals surface area (Å²) in [5.74, 6) is 0.0106. The number of rotatable bonds is 10. The van der Waals surface area contributed by atoms with E-state index in [1.165, 1.54) is 25.3 Å². The molecule has 3 N–H and O–H groups in total. The van der Waals surface area contributed by atoms with Gasteiger partial charge in [-0.25, -0.2) is 13.2 Å². The Morgan fingerprint density at radius 2 is 1.78 bits per heavy atom. The maximum absolute atomic E-state index is 12.9. The molecule has 0 unspecified atom stereocenters. The van der Waals surface area contributed by atoms with Crippen molar-refractivity contribution in [3.05, 3.63) is 54.1 Å². The predicted molar refractivity (Wildman–Crippen MR) is 141 cm³/mol. The highest BCUT2D eigenvalue weighted by Gasteiger charge is 2.47. The summed E-state index contributed by atoms with van der Waals surface area (Å²) in [5.41, 5.74) is -0.172. The molecule has 10 nitrogen and oxygen atoms in total. The van der Waals surface area contributed by atoms with Crippen LogP contribution in [0, 0.1) is 0 Å². The van der Waals surface area contributed by atoms with Crippen molar-refractivity contribution in [1.82, 2.24) is 15.5 Å². The first-order chi connectivity index (χ1) is 17.2. The van der Waals surface area contributed by atoms with Crippen LogP contribution in [0.3, 0.4) is 0 Å². The third kappa shape index (κ3) is 6.60. The van der Waals surface area contributed by atoms with Crippen molar-refractivity contribution in [3.8, 4) is 5.75 Å². The number of sulfonamides is 1. The number of benzene rings is 2. The summed E-state index contributed by atoms with van der Waals surface area (Å²) in [4.78, 5) is 38.8. The number of unbranched alkanes of at least 4 members (excludes halogenated alkanes) is 1. The van der Waals surface area contributed by atoms with Gasteiger partial charge in [0.25, 0.3) is 15.9 Å². The van der Waals surface area contributed by atoms with E-state index in [0.717, 1.165) is 13.0 Å². The van der Waals surface area contributed by atoms with Crippen LogP contribution in [-0.2, 0) is 14.8 Å². The number of hydrogen-bond donors (Lipinski definition) is 3. The van der Waals surface area contributed by atoms with Crippen LogP contribution in [0.2, 0.25) is 0 Å². The van der Waals surface area contributed by atoms with Crippen molar-refractivity contribution in [2.75, 3.05) is 31.5 Å². The number of nitrogens with zero attached hydrogens (tertiary/aromatic N) is 1. The van der Waals surface area contributed by atoms with Gasteiger partial charge in [0.15, 0.2) is 5.78 Å². The Labute approximate surface area is 222 Å². The molecule has 0 atom stereocenters. The number of anilines is 1. The molecule has 200 valence electrons. The fraction of sp³-hybridized carbons (Fsp3) is 0.400. The van der Waals surface area contributed by atoms with Crippen molar-refractivity contribution < 1.29 is 27.5 Å². The zero-order valence-electron chi connectivity index (χ0n) is 20.5. The average molecular weight is 551 g/mol. The molecule has 2 aromatic rings. The van der Waals surface area contributed by atoms with Crippen LogP contribution >= 0.6 is 12.4 Å². The van der Waals surface area contributed by atoms with E-state index in [4.69, 9.17) is 4.74 Å². The number of hydrogen-bond acceptors (Lipinski definition) is 7. The van der Waals surface area contributed by atoms with E-state index >= 15 is 0 Å². The van der Waals surface area contributed by atoms with Crippen LogP contribution in [-0.4, -0.2) is 63.3 Å². The van der Waals surface area contributed by atoms with Crippen LogP contribution < -0.4 is 20.1 Å². The standard InChI is InChI=1S/C25H30N4O6S.ClH/c1-35-22-11-10-18(28-36(33,34)19-7-3-2-4-8-19)17-20(22)21(30)9-5-6-14-29-15-12-25(13-16-29)23(31)26-24(32)27-25;/h2-4,7-8,10-11,17,28H,5-6,9,12-16H2,1H3,(H2,26,27,31,32);1H. The Hall–Kier alpha value is -3.15. The first kappa shape index (κ1) is 28.4. The number of imide groups is 1. The van der Waals surface area contributed by atoms with Gasteiger partial charge in [0.2, 0.25) is 0 Å². The Morgan fingerprint density at radius 1 is 1.08 bits per heavy atom. The highest BCUT2D eigenvalue weighted by molar-refractivity contribution is 7.92. The number of ether oxygens (including phenoxy) is 1. The minimum absolute atomic E-state index is 0. The number of likely N-dealkylation sites (tertiary alicyclic amines) is 1. The number of carbonyl (C=O) groups is 3. The van der Waals surface area contributed by atoms with Crippen molar-refractivity contribution in [2.45, 2.75) is 42.5 Å². The number of ketones is 1. The van der Waals surface area contributed by atoms with E-state index in [-0.39, 0.29) is 34.7 Å². The van der Waals surface area contributed by atoms with Gasteiger partial charge in [-0.3, -0.25) is 19.6 Å². The zero-order chi connectivity index (χ0) is 25.8. The first-order valence-electron chi connectivity index (χ1n) is 11.9. The van der Waals surface area contributed by atoms with Gasteiger partial charge in [-0.1, -0.05) is 18.2 Å². The fourth-order valence-electron chi connectivity index (χ4n) is 4.60. The largest absolute Gasteiger partial charge is 0.496 e. The van der Waals surface area contributed by atoms with E-state index in [0.29, 0.717) is 50.1 Å². The van der Waals surface area contributed by atoms with Gasteiger partial charge in [0, 0.05) is 25.2 Å². The lowest BCUT2D eigenvalue weighted by Crippen LogP contribution is -2.54. The quantitative estimate of drug-likeness (QED) is 0.235. The number of amides is 3. The van der Waals surface area contributed by atoms with Gasteiger partial charge in [0.05, 0.1) is 17.6 Å². The summed E-state index contributed by atoms with van der Waals surface area (Å²) < 4.78 is 33.1. The normalized spacial score (nSPS) is 17.0. The lowest BCUT2D eigenvalue weighted by atomic mass is 9.87. The molecule has 2 fully saturated rings. The molecule has 2 aromatic carbocycles. The summed E-state index contributed by atoms with van der Waals surface area (Å²) in [5, 5.41) is 5.07. The lowest BCUT2D eigenvalue weighted by Gasteiger charge is -2.36. The number of piperidine rings is 1. The predicted octanol–water partition coefficient (Wildman–Crippen LogP) is 2.94. The van der Waals surface area contributed by atoms with Crippen LogP contribution in [0.4, 0.5) is 10.5 Å². The minimum atomic E-state index is -3.78. The summed E-state index contributed by atoms with van der Waals surface area (Å²) in [6.07, 6.45) is 2.86. The molecule has 2 saturated heterocycles. The van der Waals surface area contributed by atoms with Crippen LogP contribution in [0.15, 0.2) is 53.4 Å². The van der Waals surface area contributed by atoms with E-state index in [2.05, 4.69) is 20.3 Å². The van der Waals surface area contributed by atoms with Gasteiger partial charge >= 0.3 is 6.03 Å². The van der Waals surface area contributed by atoms with Gasteiger partial charge in [-0.2, -0.15) is 0 Å². The number of halogens is 1. The van der Waals surface area contributed by atoms with Crippen LogP contribution in [0.1, 0.15) is 42.5 Å². The van der Waals surface area contributed by atoms with Gasteiger partial charge in [-0.15, -0.1) is 12.4 Å². The second-order valence-electron chi connectivity index (χ2n) is 9.05. The molecule has 1 spiro atoms. The third-order valence-corrected chi connectivity index (χ3v) is 8.06. The highest BCUT2D eigenvalue weighted by Crippen LogP contribution is 2.27. The van der Waals surface area contributed by atoms with Crippen molar-refractivity contribution in [1.29, 1.82) is 0 Å². The molecule has 0 aliphatic carbocycles. The Kier molecular flexibility index (Phi) is 9.16. The molecule has 4 rings (SSSR count). The van der Waals surface area contributed by atoms with Gasteiger partial charge in [0.1, 0.15) is 11.3 Å². The highest BCUT2D eigenvalue weighted by atomic mass is 35.5. The number of carbonyl (C=O) groups excluding carboxylic acids is 3. The Morgan fingerprint density at radius 3 is 2.41 bits per heavy atom. The second-order valence-corrected chi connectivity index (χ2v) is 10.7. The third-order valence-electron chi connectivity index (χ3n) is 6.66. The molecule has 0 radical (unpaired) electrons. The molecular formula is C25H31ClN4O6S. The minimum Gasteiger partial charge on any atom is -0.496 e. The molecule has 2 aliphatic heterocycles. The van der Waals surface area contributed by atoms with E-state index in [1.807, 2.05) is 0 Å². The van der Waals surface area contributed by atoms with Crippen molar-refractivity contribution >= 4 is 45.8 Å². The van der Waals surface area contributed by atoms with Gasteiger partial charge < -0.3 is 15.0 Å². The van der Waals surface area contributed by atoms with Gasteiger partial charge in [-0.05, 0) is 62.6 Å². The van der Waals surface area contributed by atoms with Crippen molar-refractivity contribution in [3.63, 3.8) is 0 Å². The SMILES string of the molecule is COc1ccc(NS(=O)(=O)c2ccccc2)cc1C(=O)CCCCN1CCC2(CC1)NC(=O)NC2=O.Cl. The summed E-state index contributed by atoms with van der Waals surface area (Å²) >= 11 is 0. The Bertz CT molecular complexity index is 1250. The fourth-order valence-corrected chi connectivity index (χ4v) is 5.67. The maximum atomic E-state index is 12.9. The van der Waals surface area contributed by atoms with Crippen molar-refractivity contribution in [2.24, 2.45) is 0 Å². The molecule has 2 aliphatic rings. The number of methoxy groups -OCH3 is 1. The summed E-state index contributed by atoms with van der Waals surface area (Å²) in [6.45, 7) is 2.17. The number of urea groups is 1. The van der Waals surface area contributed by atoms with E-state index in [1.54, 1.807) is 30.3 Å². The maximum Gasteiger partial charge on any atom is 0.322 e. The molecule has 0 aromatic heterocycles. The zero-order valence-corrected chi connectivity index (χ0v) is 22.1. The first-order valence-corrected chi connectivity index (χ1v) is 13.4. The topological polar surface area (TPSA) is 134 Å². The van der Waals surface area contributed by atoms with E-state index < -0.39 is 21.6 Å². The molecule has 0 bridgehead atoms. The van der Waals surface area contributed by atoms with E-state index in [9.17, 15) is 22.8 Å². The summed E-state index contributed by atoms with van der Waals surface area (Å²) in [7, 11) is -2.31. The smallest absolute Gasteiger partial charge is 0.322 e. The second kappa shape index (κ2) is 11.9. The molecule has 0 saturated carbocycles. The monoisotopic (exact) mass is 550 g/mol. The molecule has 3 amide bonds. The lowest BCUT2D eigenvalue weighted by molar-refractivity contribution is -0.125. The number of Topliss-reactive ketones (excluding diaryl/α,β-unsaturated/α-hetero) is 1. The number of nitrogens with one attached hydrogen (secondary N) is 3. The average Bonchev–Trinajstić information content (AvgIpc) is 3.15. The van der Waals surface area contributed by atoms with Crippen LogP contribution in [0.5, 0.6) is 5.75 Å². The molecule has 2 heterocycles. The summed E-state index contributed by atoms with van der Waals surface area (Å²) in [6, 6.07) is 12.2. The molecule has 12 heteroatoms. The van der Waals surface area contributed by atoms with Crippen LogP contribution in [0.25, 0.3) is 0 Å². The molecule has 37 heavy (non-hydrogen) atoms. The Balaban J connectivity index is 0.00000380.